The van der Waals surface area contributed by atoms with Crippen LogP contribution in [0.4, 0.5) is 0 Å². The smallest absolute Gasteiger partial charge is 0.244 e. The normalized spacial score (nSPS) is 21.8. The Balaban J connectivity index is 2.49. The summed E-state index contributed by atoms with van der Waals surface area (Å²) in [6, 6.07) is 7.54. The Morgan fingerprint density at radius 1 is 1.16 bits per heavy atom. The summed E-state index contributed by atoms with van der Waals surface area (Å²) in [6.45, 7) is 1.96. The molecule has 19 heavy (non-hydrogen) atoms. The molecule has 2 rings (SSSR count). The van der Waals surface area contributed by atoms with Crippen molar-refractivity contribution in [2.24, 2.45) is 11.5 Å². The molecule has 1 unspecified atom stereocenters. The summed E-state index contributed by atoms with van der Waals surface area (Å²) in [5, 5.41) is 0. The number of hydrogen-bond acceptors (Lipinski definition) is 2. The van der Waals surface area contributed by atoms with Crippen LogP contribution in [0.3, 0.4) is 0 Å². The number of allylic oxidation sites excluding steroid dienone is 2. The van der Waals surface area contributed by atoms with Crippen molar-refractivity contribution in [3.05, 3.63) is 59.2 Å². The molecule has 1 aromatic rings. The Bertz CT molecular complexity index is 585. The number of primary amides is 2. The molecule has 0 fully saturated rings. The van der Waals surface area contributed by atoms with Crippen LogP contribution in [0.25, 0.3) is 0 Å². The SMILES string of the molecule is Cc1ccc(C2(C(N)=O)C=CC=C(C(N)=O)C2)cc1. The van der Waals surface area contributed by atoms with Gasteiger partial charge in [0.25, 0.3) is 0 Å². The molecule has 4 N–H and O–H groups in total. The van der Waals surface area contributed by atoms with E-state index in [9.17, 15) is 9.59 Å². The lowest BCUT2D eigenvalue weighted by atomic mass is 9.72. The van der Waals surface area contributed by atoms with Crippen LogP contribution in [0, 0.1) is 6.92 Å². The van der Waals surface area contributed by atoms with E-state index < -0.39 is 17.2 Å². The highest BCUT2D eigenvalue weighted by atomic mass is 16.1. The number of hydrogen-bond donors (Lipinski definition) is 2. The van der Waals surface area contributed by atoms with Crippen molar-refractivity contribution in [1.82, 2.24) is 0 Å². The summed E-state index contributed by atoms with van der Waals surface area (Å²) in [4.78, 5) is 23.2. The van der Waals surface area contributed by atoms with Crippen LogP contribution in [-0.4, -0.2) is 11.8 Å². The molecule has 0 aromatic heterocycles. The molecule has 1 aliphatic carbocycles. The minimum Gasteiger partial charge on any atom is -0.369 e. The first kappa shape index (κ1) is 13.1. The van der Waals surface area contributed by atoms with Gasteiger partial charge in [-0.2, -0.15) is 0 Å². The molecule has 2 amide bonds. The van der Waals surface area contributed by atoms with Gasteiger partial charge in [-0.1, -0.05) is 48.1 Å². The molecule has 98 valence electrons. The largest absolute Gasteiger partial charge is 0.369 e. The van der Waals surface area contributed by atoms with Crippen molar-refractivity contribution < 1.29 is 9.59 Å². The van der Waals surface area contributed by atoms with Gasteiger partial charge in [-0.15, -0.1) is 0 Å². The Labute approximate surface area is 111 Å². The molecule has 0 heterocycles. The number of benzene rings is 1. The highest BCUT2D eigenvalue weighted by Crippen LogP contribution is 2.35. The van der Waals surface area contributed by atoms with Gasteiger partial charge >= 0.3 is 0 Å². The molecule has 0 radical (unpaired) electrons. The molecule has 0 spiro atoms. The van der Waals surface area contributed by atoms with Crippen molar-refractivity contribution in [3.8, 4) is 0 Å². The zero-order valence-electron chi connectivity index (χ0n) is 10.7. The van der Waals surface area contributed by atoms with Crippen LogP contribution >= 0.6 is 0 Å². The van der Waals surface area contributed by atoms with Gasteiger partial charge in [0.2, 0.25) is 11.8 Å². The van der Waals surface area contributed by atoms with E-state index in [1.54, 1.807) is 18.2 Å². The highest BCUT2D eigenvalue weighted by molar-refractivity contribution is 5.97. The molecule has 4 nitrogen and oxygen atoms in total. The topological polar surface area (TPSA) is 86.2 Å². The number of carbonyl (C=O) groups excluding carboxylic acids is 2. The van der Waals surface area contributed by atoms with Crippen molar-refractivity contribution in [1.29, 1.82) is 0 Å². The molecule has 0 bridgehead atoms. The third-order valence-corrected chi connectivity index (χ3v) is 3.47. The minimum absolute atomic E-state index is 0.206. The number of carbonyl (C=O) groups is 2. The van der Waals surface area contributed by atoms with E-state index in [2.05, 4.69) is 0 Å². The summed E-state index contributed by atoms with van der Waals surface area (Å²) in [5.41, 5.74) is 12.1. The van der Waals surface area contributed by atoms with E-state index >= 15 is 0 Å². The Morgan fingerprint density at radius 3 is 2.32 bits per heavy atom. The monoisotopic (exact) mass is 256 g/mol. The molecule has 0 saturated carbocycles. The molecule has 1 aromatic carbocycles. The zero-order valence-corrected chi connectivity index (χ0v) is 10.7. The Morgan fingerprint density at radius 2 is 1.79 bits per heavy atom. The van der Waals surface area contributed by atoms with E-state index in [-0.39, 0.29) is 6.42 Å². The number of rotatable bonds is 3. The van der Waals surface area contributed by atoms with E-state index in [4.69, 9.17) is 11.5 Å². The first-order valence-electron chi connectivity index (χ1n) is 6.01. The molecular weight excluding hydrogens is 240 g/mol. The maximum Gasteiger partial charge on any atom is 0.244 e. The first-order chi connectivity index (χ1) is 8.95. The first-order valence-corrected chi connectivity index (χ1v) is 6.01. The van der Waals surface area contributed by atoms with Gasteiger partial charge in [-0.25, -0.2) is 0 Å². The highest BCUT2D eigenvalue weighted by Gasteiger charge is 2.39. The van der Waals surface area contributed by atoms with E-state index in [1.165, 1.54) is 0 Å². The fraction of sp³-hybridized carbons (Fsp3) is 0.200. The predicted molar refractivity (Wildman–Crippen MR) is 73.1 cm³/mol. The summed E-state index contributed by atoms with van der Waals surface area (Å²) in [6.07, 6.45) is 5.22. The van der Waals surface area contributed by atoms with Crippen molar-refractivity contribution in [2.45, 2.75) is 18.8 Å². The van der Waals surface area contributed by atoms with Crippen LogP contribution in [0.15, 0.2) is 48.1 Å². The second-order valence-electron chi connectivity index (χ2n) is 4.79. The third kappa shape index (κ3) is 2.29. The average Bonchev–Trinajstić information content (AvgIpc) is 2.39. The van der Waals surface area contributed by atoms with E-state index in [0.29, 0.717) is 5.57 Å². The van der Waals surface area contributed by atoms with Gasteiger partial charge in [0.1, 0.15) is 0 Å². The molecule has 0 saturated heterocycles. The van der Waals surface area contributed by atoms with Crippen LogP contribution in [0.2, 0.25) is 0 Å². The maximum atomic E-state index is 11.9. The molecule has 1 aliphatic rings. The van der Waals surface area contributed by atoms with Crippen LogP contribution < -0.4 is 11.5 Å². The Hall–Kier alpha value is -2.36. The third-order valence-electron chi connectivity index (χ3n) is 3.47. The van der Waals surface area contributed by atoms with Crippen molar-refractivity contribution in [2.75, 3.05) is 0 Å². The van der Waals surface area contributed by atoms with Gasteiger partial charge in [-0.3, -0.25) is 9.59 Å². The van der Waals surface area contributed by atoms with Gasteiger partial charge in [0, 0.05) is 5.57 Å². The molecule has 0 aliphatic heterocycles. The van der Waals surface area contributed by atoms with Gasteiger partial charge in [0.05, 0.1) is 5.41 Å². The fourth-order valence-corrected chi connectivity index (χ4v) is 2.28. The molecule has 1 atom stereocenters. The number of nitrogens with two attached hydrogens (primary N) is 2. The van der Waals surface area contributed by atoms with E-state index in [0.717, 1.165) is 11.1 Å². The summed E-state index contributed by atoms with van der Waals surface area (Å²) < 4.78 is 0. The quantitative estimate of drug-likeness (QED) is 0.848. The standard InChI is InChI=1S/C15H16N2O2/c1-10-4-6-12(7-5-10)15(14(17)19)8-2-3-11(9-15)13(16)18/h2-8H,9H2,1H3,(H2,16,18)(H2,17,19). The van der Waals surface area contributed by atoms with Gasteiger partial charge in [0.15, 0.2) is 0 Å². The predicted octanol–water partition coefficient (Wildman–Crippen LogP) is 1.09. The number of amides is 2. The minimum atomic E-state index is -0.993. The zero-order chi connectivity index (χ0) is 14.0. The van der Waals surface area contributed by atoms with Crippen molar-refractivity contribution in [3.63, 3.8) is 0 Å². The summed E-state index contributed by atoms with van der Waals surface area (Å²) in [5.74, 6) is -1.01. The summed E-state index contributed by atoms with van der Waals surface area (Å²) in [7, 11) is 0. The Kier molecular flexibility index (Phi) is 3.25. The molecule has 4 heteroatoms. The van der Waals surface area contributed by atoms with E-state index in [1.807, 2.05) is 31.2 Å². The van der Waals surface area contributed by atoms with Crippen LogP contribution in [-0.2, 0) is 15.0 Å². The summed E-state index contributed by atoms with van der Waals surface area (Å²) >= 11 is 0. The fourth-order valence-electron chi connectivity index (χ4n) is 2.28. The van der Waals surface area contributed by atoms with Gasteiger partial charge in [-0.05, 0) is 18.9 Å². The lowest BCUT2D eigenvalue weighted by molar-refractivity contribution is -0.122. The van der Waals surface area contributed by atoms with Crippen LogP contribution in [0.1, 0.15) is 17.5 Å². The average molecular weight is 256 g/mol. The van der Waals surface area contributed by atoms with Crippen molar-refractivity contribution >= 4 is 11.8 Å². The van der Waals surface area contributed by atoms with Gasteiger partial charge < -0.3 is 11.5 Å². The van der Waals surface area contributed by atoms with Crippen LogP contribution in [0.5, 0.6) is 0 Å². The number of aryl methyl sites for hydroxylation is 1. The lowest BCUT2D eigenvalue weighted by Crippen LogP contribution is -2.42. The lowest BCUT2D eigenvalue weighted by Gasteiger charge is -2.30. The second kappa shape index (κ2) is 4.72. The molecular formula is C15H16N2O2. The second-order valence-corrected chi connectivity index (χ2v) is 4.79. The maximum absolute atomic E-state index is 11.9.